The van der Waals surface area contributed by atoms with E-state index < -0.39 is 11.7 Å². The van der Waals surface area contributed by atoms with Gasteiger partial charge in [0.2, 0.25) is 0 Å². The summed E-state index contributed by atoms with van der Waals surface area (Å²) in [4.78, 5) is 25.3. The van der Waals surface area contributed by atoms with Crippen molar-refractivity contribution in [3.63, 3.8) is 0 Å². The van der Waals surface area contributed by atoms with Gasteiger partial charge in [0.1, 0.15) is 11.8 Å². The fourth-order valence-electron chi connectivity index (χ4n) is 3.28. The van der Waals surface area contributed by atoms with Gasteiger partial charge in [-0.1, -0.05) is 41.4 Å². The SMILES string of the molecule is C/C=C(\C)Cl.CCOC.Cc1ccc(NC(=O)c2ccc(N3CCOCS3)cc2F)cc1NC(=O)c1cccc(Cl)c1. The quantitative estimate of drug-likeness (QED) is 0.264. The molecule has 226 valence electrons. The van der Waals surface area contributed by atoms with Crippen LogP contribution in [0.15, 0.2) is 71.8 Å². The molecule has 0 aromatic heterocycles. The number of amides is 2. The Morgan fingerprint density at radius 1 is 1.12 bits per heavy atom. The van der Waals surface area contributed by atoms with Gasteiger partial charge < -0.3 is 24.4 Å². The van der Waals surface area contributed by atoms with E-state index in [0.717, 1.165) is 17.2 Å². The van der Waals surface area contributed by atoms with Crippen LogP contribution in [0.4, 0.5) is 21.5 Å². The minimum absolute atomic E-state index is 0.0675. The van der Waals surface area contributed by atoms with Crippen LogP contribution in [-0.4, -0.2) is 44.6 Å². The molecule has 0 atom stereocenters. The maximum Gasteiger partial charge on any atom is 0.258 e. The standard InChI is InChI=1S/C24H21ClFN3O3S.C4H7Cl.C3H8O/c1-15-5-6-18(12-22(15)28-23(30)16-3-2-4-17(25)11-16)27-24(31)20-8-7-19(13-21(20)26)29-9-10-32-14-33-29;1-3-4(2)5;1-3-4-2/h2-8,11-13H,9-10,14H2,1H3,(H,27,31)(H,28,30);3H,1-2H3;3H2,1-2H3/b;4-3+;. The summed E-state index contributed by atoms with van der Waals surface area (Å²) in [6, 6.07) is 16.2. The second kappa shape index (κ2) is 18.5. The number of hydrogen-bond donors (Lipinski definition) is 2. The summed E-state index contributed by atoms with van der Waals surface area (Å²) in [5, 5.41) is 6.83. The Hall–Kier alpha value is -3.08. The summed E-state index contributed by atoms with van der Waals surface area (Å²) in [5.41, 5.74) is 2.79. The number of anilines is 3. The fraction of sp³-hybridized carbons (Fsp3) is 0.290. The summed E-state index contributed by atoms with van der Waals surface area (Å²) in [6.45, 7) is 9.58. The molecule has 2 amide bonds. The van der Waals surface area contributed by atoms with Gasteiger partial charge in [-0.15, -0.1) is 0 Å². The Morgan fingerprint density at radius 3 is 2.40 bits per heavy atom. The van der Waals surface area contributed by atoms with E-state index in [4.69, 9.17) is 27.9 Å². The van der Waals surface area contributed by atoms with Crippen molar-refractivity contribution in [3.8, 4) is 0 Å². The number of benzene rings is 3. The van der Waals surface area contributed by atoms with Gasteiger partial charge in [-0.2, -0.15) is 0 Å². The topological polar surface area (TPSA) is 79.9 Å². The monoisotopic (exact) mass is 635 g/mol. The van der Waals surface area contributed by atoms with E-state index in [1.807, 2.05) is 38.1 Å². The third-order valence-electron chi connectivity index (χ3n) is 5.73. The summed E-state index contributed by atoms with van der Waals surface area (Å²) >= 11 is 12.7. The van der Waals surface area contributed by atoms with Crippen molar-refractivity contribution in [2.24, 2.45) is 0 Å². The van der Waals surface area contributed by atoms with Crippen LogP contribution in [0.1, 0.15) is 47.1 Å². The molecule has 1 heterocycles. The van der Waals surface area contributed by atoms with Crippen molar-refractivity contribution in [3.05, 3.63) is 99.3 Å². The number of ether oxygens (including phenoxy) is 2. The van der Waals surface area contributed by atoms with Crippen molar-refractivity contribution in [2.75, 3.05) is 47.7 Å². The number of carbonyl (C=O) groups is 2. The number of halogens is 3. The number of carbonyl (C=O) groups excluding carboxylic acids is 2. The predicted octanol–water partition coefficient (Wildman–Crippen LogP) is 8.54. The predicted molar refractivity (Wildman–Crippen MR) is 174 cm³/mol. The van der Waals surface area contributed by atoms with Crippen LogP contribution < -0.4 is 14.9 Å². The average molecular weight is 637 g/mol. The molecule has 1 aliphatic rings. The molecule has 4 rings (SSSR count). The first-order valence-corrected chi connectivity index (χ1v) is 14.8. The third-order valence-corrected chi connectivity index (χ3v) is 7.16. The van der Waals surface area contributed by atoms with Crippen LogP contribution >= 0.6 is 35.1 Å². The van der Waals surface area contributed by atoms with Crippen LogP contribution in [-0.2, 0) is 9.47 Å². The maximum absolute atomic E-state index is 14.7. The van der Waals surface area contributed by atoms with Gasteiger partial charge in [-0.25, -0.2) is 4.39 Å². The Balaban J connectivity index is 0.000000600. The molecule has 42 heavy (non-hydrogen) atoms. The second-order valence-corrected chi connectivity index (χ2v) is 10.8. The van der Waals surface area contributed by atoms with E-state index in [9.17, 15) is 14.0 Å². The second-order valence-electron chi connectivity index (χ2n) is 8.82. The molecule has 11 heteroatoms. The molecule has 0 radical (unpaired) electrons. The van der Waals surface area contributed by atoms with Crippen molar-refractivity contribution < 1.29 is 23.5 Å². The molecule has 1 fully saturated rings. The number of aryl methyl sites for hydroxylation is 1. The third kappa shape index (κ3) is 11.7. The Bertz CT molecular complexity index is 1360. The van der Waals surface area contributed by atoms with Crippen molar-refractivity contribution in [1.82, 2.24) is 0 Å². The molecule has 2 N–H and O–H groups in total. The number of hydrogen-bond acceptors (Lipinski definition) is 6. The summed E-state index contributed by atoms with van der Waals surface area (Å²) in [7, 11) is 1.68. The molecule has 0 saturated carbocycles. The zero-order valence-corrected chi connectivity index (χ0v) is 26.6. The van der Waals surface area contributed by atoms with Gasteiger partial charge >= 0.3 is 0 Å². The number of methoxy groups -OCH3 is 1. The Kier molecular flexibility index (Phi) is 15.4. The zero-order chi connectivity index (χ0) is 31.1. The fourth-order valence-corrected chi connectivity index (χ4v) is 4.25. The highest BCUT2D eigenvalue weighted by atomic mass is 35.5. The highest BCUT2D eigenvalue weighted by Gasteiger charge is 2.18. The van der Waals surface area contributed by atoms with E-state index >= 15 is 0 Å². The summed E-state index contributed by atoms with van der Waals surface area (Å²) in [5.74, 6) is -1.01. The largest absolute Gasteiger partial charge is 0.385 e. The van der Waals surface area contributed by atoms with E-state index in [0.29, 0.717) is 46.7 Å². The van der Waals surface area contributed by atoms with Gasteiger partial charge in [0, 0.05) is 40.7 Å². The smallest absolute Gasteiger partial charge is 0.258 e. The van der Waals surface area contributed by atoms with Crippen molar-refractivity contribution in [2.45, 2.75) is 27.7 Å². The number of nitrogens with zero attached hydrogens (tertiary/aromatic N) is 1. The lowest BCUT2D eigenvalue weighted by molar-refractivity contribution is 0.101. The zero-order valence-electron chi connectivity index (χ0n) is 24.3. The minimum Gasteiger partial charge on any atom is -0.385 e. The van der Waals surface area contributed by atoms with E-state index in [1.54, 1.807) is 55.6 Å². The molecule has 0 aliphatic carbocycles. The van der Waals surface area contributed by atoms with Crippen LogP contribution in [0.3, 0.4) is 0 Å². The number of rotatable bonds is 6. The van der Waals surface area contributed by atoms with Crippen LogP contribution in [0.2, 0.25) is 5.02 Å². The van der Waals surface area contributed by atoms with Gasteiger partial charge in [0.25, 0.3) is 11.8 Å². The molecule has 1 saturated heterocycles. The molecule has 3 aromatic rings. The lowest BCUT2D eigenvalue weighted by Gasteiger charge is -2.27. The molecule has 0 unspecified atom stereocenters. The molecule has 1 aliphatic heterocycles. The highest BCUT2D eigenvalue weighted by molar-refractivity contribution is 8.00. The Labute approximate surface area is 261 Å². The molecule has 0 bridgehead atoms. The van der Waals surface area contributed by atoms with Crippen LogP contribution in [0.25, 0.3) is 0 Å². The number of allylic oxidation sites excluding steroid dienone is 2. The van der Waals surface area contributed by atoms with E-state index in [2.05, 4.69) is 15.4 Å². The lowest BCUT2D eigenvalue weighted by Crippen LogP contribution is -2.26. The first-order chi connectivity index (χ1) is 20.1. The molecule has 7 nitrogen and oxygen atoms in total. The highest BCUT2D eigenvalue weighted by Crippen LogP contribution is 2.28. The molecule has 0 spiro atoms. The van der Waals surface area contributed by atoms with Gasteiger partial charge in [0.05, 0.1) is 24.4 Å². The summed E-state index contributed by atoms with van der Waals surface area (Å²) in [6.07, 6.45) is 1.85. The van der Waals surface area contributed by atoms with E-state index in [1.165, 1.54) is 24.1 Å². The van der Waals surface area contributed by atoms with Crippen molar-refractivity contribution in [1.29, 1.82) is 0 Å². The normalized spacial score (nSPS) is 12.8. The molecular weight excluding hydrogens is 600 g/mol. The first-order valence-electron chi connectivity index (χ1n) is 13.1. The van der Waals surface area contributed by atoms with Crippen LogP contribution in [0, 0.1) is 12.7 Å². The molecular formula is C31H36Cl2FN3O4S. The number of nitrogens with one attached hydrogen (secondary N) is 2. The van der Waals surface area contributed by atoms with Gasteiger partial charge in [-0.3, -0.25) is 9.59 Å². The van der Waals surface area contributed by atoms with Gasteiger partial charge in [0.15, 0.2) is 0 Å². The minimum atomic E-state index is -0.612. The molecule has 3 aromatic carbocycles. The lowest BCUT2D eigenvalue weighted by atomic mass is 10.1. The maximum atomic E-state index is 14.7. The summed E-state index contributed by atoms with van der Waals surface area (Å²) < 4.78 is 26.5. The first kappa shape index (κ1) is 35.1. The average Bonchev–Trinajstić information content (AvgIpc) is 2.99. The van der Waals surface area contributed by atoms with Crippen molar-refractivity contribution >= 4 is 64.0 Å². The van der Waals surface area contributed by atoms with E-state index in [-0.39, 0.29) is 11.5 Å². The van der Waals surface area contributed by atoms with Crippen LogP contribution in [0.5, 0.6) is 0 Å². The Morgan fingerprint density at radius 2 is 1.83 bits per heavy atom. The van der Waals surface area contributed by atoms with Gasteiger partial charge in [-0.05, 0) is 93.7 Å².